The second kappa shape index (κ2) is 38.9. The zero-order valence-electron chi connectivity index (χ0n) is 70.6. The summed E-state index contributed by atoms with van der Waals surface area (Å²) in [4.78, 5) is 22.7. The molecule has 14 aromatic heterocycles. The predicted molar refractivity (Wildman–Crippen MR) is 567 cm³/mol. The fourth-order valence-corrected chi connectivity index (χ4v) is 27.2. The van der Waals surface area contributed by atoms with Gasteiger partial charge in [0.25, 0.3) is 0 Å². The van der Waals surface area contributed by atoms with Gasteiger partial charge in [0.2, 0.25) is 0 Å². The molecule has 0 aliphatic rings. The first-order chi connectivity index (χ1) is 61.5. The van der Waals surface area contributed by atoms with Gasteiger partial charge in [-0.15, -0.1) is 136 Å². The second-order valence-electron chi connectivity index (χ2n) is 30.6. The predicted octanol–water partition coefficient (Wildman–Crippen LogP) is 37.9. The van der Waals surface area contributed by atoms with Crippen LogP contribution in [0.2, 0.25) is 0 Å². The van der Waals surface area contributed by atoms with Crippen molar-refractivity contribution in [3.63, 3.8) is 0 Å². The summed E-state index contributed by atoms with van der Waals surface area (Å²) in [6.45, 7) is 17.0. The molecule has 0 radical (unpaired) electrons. The highest BCUT2D eigenvalue weighted by Crippen LogP contribution is 2.46. The van der Waals surface area contributed by atoms with Gasteiger partial charge >= 0.3 is 5.97 Å². The number of nitrogens with zero attached hydrogens (tertiary/aromatic N) is 1. The van der Waals surface area contributed by atoms with Crippen LogP contribution in [0.4, 0.5) is 0 Å². The Morgan fingerprint density at radius 1 is 0.294 bits per heavy atom. The van der Waals surface area contributed by atoms with Crippen LogP contribution in [0.25, 0.3) is 171 Å². The van der Waals surface area contributed by atoms with Gasteiger partial charge < -0.3 is 13.7 Å². The Kier molecular flexibility index (Phi) is 26.4. The number of benzene rings is 11. The Bertz CT molecular complexity index is 7710. The number of aromatic nitrogens is 1. The number of methoxy groups -OCH3 is 1. The smallest absolute Gasteiger partial charge is 0.348 e. The number of hydrogen-bond donors (Lipinski definition) is 0. The Morgan fingerprint density at radius 2 is 0.849 bits per heavy atom. The van der Waals surface area contributed by atoms with Crippen molar-refractivity contribution >= 4 is 254 Å². The zero-order valence-corrected chi connectivity index (χ0v) is 80.4. The van der Waals surface area contributed by atoms with Crippen molar-refractivity contribution in [2.45, 2.75) is 55.4 Å². The summed E-state index contributed by atoms with van der Waals surface area (Å²) in [5.74, 6) is 0.729. The van der Waals surface area contributed by atoms with E-state index in [1.165, 1.54) is 220 Å². The number of furan rings is 1. The van der Waals surface area contributed by atoms with Gasteiger partial charge in [-0.05, 0) is 295 Å². The van der Waals surface area contributed by atoms with Gasteiger partial charge in [-0.1, -0.05) is 169 Å². The van der Waals surface area contributed by atoms with Crippen LogP contribution in [0.1, 0.15) is 50.9 Å². The first-order valence-electron chi connectivity index (χ1n) is 41.2. The highest BCUT2D eigenvalue weighted by atomic mass is 32.1. The number of thiophene rings is 12. The maximum absolute atomic E-state index is 11.2. The van der Waals surface area contributed by atoms with Crippen molar-refractivity contribution in [1.82, 2.24) is 4.57 Å². The molecule has 0 saturated heterocycles. The van der Waals surface area contributed by atoms with Gasteiger partial charge in [-0.2, -0.15) is 0 Å². The van der Waals surface area contributed by atoms with Gasteiger partial charge in [0.1, 0.15) is 16.2 Å². The summed E-state index contributed by atoms with van der Waals surface area (Å²) in [5.41, 5.74) is 16.1. The topological polar surface area (TPSA) is 44.4 Å². The third-order valence-electron chi connectivity index (χ3n) is 21.4. The van der Waals surface area contributed by atoms with Crippen LogP contribution in [0, 0.1) is 55.4 Å². The van der Waals surface area contributed by atoms with Crippen molar-refractivity contribution < 1.29 is 13.9 Å². The number of carbonyl (C=O) groups is 1. The fraction of sp³-hybridized carbons (Fsp3) is 0.0818. The molecular weight excluding hydrogens is 1770 g/mol. The third kappa shape index (κ3) is 19.5. The molecule has 11 aromatic carbocycles. The van der Waals surface area contributed by atoms with Crippen LogP contribution in [0.5, 0.6) is 0 Å². The number of ether oxygens (including phenoxy) is 1. The Labute approximate surface area is 781 Å². The first-order valence-corrected chi connectivity index (χ1v) is 51.3. The van der Waals surface area contributed by atoms with Gasteiger partial charge in [0.15, 0.2) is 0 Å². The quantitative estimate of drug-likeness (QED) is 0.149. The van der Waals surface area contributed by atoms with Gasteiger partial charge in [-0.3, -0.25) is 0 Å². The lowest BCUT2D eigenvalue weighted by molar-refractivity contribution is 0.0606. The minimum atomic E-state index is -0.245. The third-order valence-corrected chi connectivity index (χ3v) is 33.9. The van der Waals surface area contributed by atoms with Crippen molar-refractivity contribution in [3.05, 3.63) is 395 Å². The Morgan fingerprint density at radius 3 is 1.52 bits per heavy atom. The van der Waals surface area contributed by atoms with E-state index in [2.05, 4.69) is 370 Å². The maximum Gasteiger partial charge on any atom is 0.348 e. The molecule has 0 bridgehead atoms. The van der Waals surface area contributed by atoms with Crippen molar-refractivity contribution in [1.29, 1.82) is 0 Å². The number of carbonyl (C=O) groups excluding carboxylic acids is 1. The van der Waals surface area contributed by atoms with Crippen molar-refractivity contribution in [2.75, 3.05) is 7.11 Å². The van der Waals surface area contributed by atoms with Crippen molar-refractivity contribution in [2.24, 2.45) is 0 Å². The van der Waals surface area contributed by atoms with E-state index in [0.29, 0.717) is 4.88 Å². The molecule has 16 heteroatoms. The normalized spacial score (nSPS) is 11.1. The van der Waals surface area contributed by atoms with E-state index in [4.69, 9.17) is 4.42 Å². The van der Waals surface area contributed by atoms with Crippen LogP contribution in [0.3, 0.4) is 0 Å². The SMILES string of the molecule is COC(=O)c1cc2c(C)scc2s1.Cc1cc2cc3sccc3cc2s1.Cc1cc2ccccc2o1.Cc1cc2ccccc2s1.Cc1cc2sccc2s1.Cc1ccc(-c2cc(-c3cccs3)cc(-c3cccs3)c2)s1.Cc1ccc2c(c1)c1ccccc1n2-c1cc(-c2ccccc2)cc(-c2ccccc2)c1.Cc1ccc2c(c1)sc1c3ccccc3sc21. The molecule has 126 heavy (non-hydrogen) atoms. The van der Waals surface area contributed by atoms with E-state index in [1.54, 1.807) is 34.0 Å². The van der Waals surface area contributed by atoms with Crippen LogP contribution in [-0.2, 0) is 4.74 Å². The molecule has 0 saturated carbocycles. The summed E-state index contributed by atoms with van der Waals surface area (Å²) in [7, 11) is 1.40. The van der Waals surface area contributed by atoms with Crippen LogP contribution >= 0.6 is 136 Å². The van der Waals surface area contributed by atoms with Gasteiger partial charge in [0.05, 0.1) is 27.5 Å². The highest BCUT2D eigenvalue weighted by molar-refractivity contribution is 7.36. The molecule has 4 nitrogen and oxygen atoms in total. The lowest BCUT2D eigenvalue weighted by Gasteiger charge is -2.14. The minimum Gasteiger partial charge on any atom is -0.465 e. The van der Waals surface area contributed by atoms with Gasteiger partial charge in [-0.25, -0.2) is 4.79 Å². The summed E-state index contributed by atoms with van der Waals surface area (Å²) in [6.07, 6.45) is 0. The fourth-order valence-electron chi connectivity index (χ4n) is 15.5. The summed E-state index contributed by atoms with van der Waals surface area (Å²) in [5, 5.41) is 22.5. The monoisotopic (exact) mass is 1850 g/mol. The molecule has 25 aromatic rings. The molecule has 0 aliphatic heterocycles. The van der Waals surface area contributed by atoms with Gasteiger partial charge in [0, 0.05) is 120 Å². The molecule has 0 unspecified atom stereocenters. The van der Waals surface area contributed by atoms with E-state index < -0.39 is 0 Å². The van der Waals surface area contributed by atoms with E-state index in [-0.39, 0.29) is 5.97 Å². The lowest BCUT2D eigenvalue weighted by atomic mass is 9.98. The molecule has 25 rings (SSSR count). The Balaban J connectivity index is 0.000000102. The molecule has 0 fully saturated rings. The number of esters is 1. The van der Waals surface area contributed by atoms with Crippen LogP contribution in [0.15, 0.2) is 353 Å². The molecule has 0 N–H and O–H groups in total. The average Bonchev–Trinajstić information content (AvgIpc) is 1.59. The molecule has 0 spiro atoms. The number of fused-ring (bicyclic) bond motifs is 14. The summed E-state index contributed by atoms with van der Waals surface area (Å²) < 4.78 is 26.4. The van der Waals surface area contributed by atoms with Crippen LogP contribution in [-0.4, -0.2) is 17.6 Å². The Hall–Kier alpha value is -11.3. The second-order valence-corrected chi connectivity index (χ2v) is 43.8. The highest BCUT2D eigenvalue weighted by Gasteiger charge is 2.18. The number of para-hydroxylation sites is 2. The van der Waals surface area contributed by atoms with E-state index in [9.17, 15) is 4.79 Å². The van der Waals surface area contributed by atoms with E-state index >= 15 is 0 Å². The molecular formula is C110H85NO3S12. The van der Waals surface area contributed by atoms with Crippen LogP contribution < -0.4 is 0 Å². The molecule has 0 aliphatic carbocycles. The standard InChI is InChI=1S/C31H23N.C19H14S3.C15H10S2.C11H8S2.C9H8O2S2.C9H8O.C9H8S.C7H6S2/c1-22-16-17-31-29(18-22)28-14-8-9-15-30(28)32(31)27-20-25(23-10-4-2-5-11-23)19-26(21-27)24-12-6-3-7-13-24;1-13-6-7-19(22-13)16-11-14(17-4-2-8-20-17)10-15(12-16)18-5-3-9-21-18;1-9-6-7-11-13(8-9)17-14-10-4-2-3-5-12(10)16-15(11)14;1-7-4-9-6-10-8(2-3-12-10)5-11(9)13-7;1-5-6-3-7(9(10)11-2)13-8(6)4-12-5;2*1-7-6-8-4-2-3-5-9(8)10-7;1-5-4-7-6(9-5)2-3-8-7/h2-21H,1H3;2-12H,1H3;2-8H,1H3;2-6H,1H3;3-4H,1-2H3;2*2-6H,1H3;2-4H,1H3. The summed E-state index contributed by atoms with van der Waals surface area (Å²) >= 11 is 21.7. The molecule has 14 heterocycles. The number of rotatable bonds is 7. The zero-order chi connectivity index (χ0) is 86.3. The molecule has 620 valence electrons. The first kappa shape index (κ1) is 85.5. The van der Waals surface area contributed by atoms with Crippen molar-refractivity contribution in [3.8, 4) is 59.3 Å². The minimum absolute atomic E-state index is 0.245. The summed E-state index contributed by atoms with van der Waals surface area (Å²) in [6, 6.07) is 115. The maximum atomic E-state index is 11.2. The molecule has 0 amide bonds. The van der Waals surface area contributed by atoms with E-state index in [1.807, 2.05) is 134 Å². The lowest BCUT2D eigenvalue weighted by Crippen LogP contribution is -1.96. The average molecular weight is 1850 g/mol. The number of aryl methyl sites for hydroxylation is 8. The number of hydrogen-bond acceptors (Lipinski definition) is 15. The van der Waals surface area contributed by atoms with E-state index in [0.717, 1.165) is 11.3 Å². The molecule has 0 atom stereocenters. The largest absolute Gasteiger partial charge is 0.465 e.